The van der Waals surface area contributed by atoms with Gasteiger partial charge in [0.15, 0.2) is 0 Å². The molecule has 1 aromatic heterocycles. The Kier molecular flexibility index (Phi) is 5.23. The summed E-state index contributed by atoms with van der Waals surface area (Å²) in [5, 5.41) is 1.05. The topological polar surface area (TPSA) is 22.1 Å². The molecular weight excluding hydrogens is 190 g/mol. The van der Waals surface area contributed by atoms with Gasteiger partial charge in [0.25, 0.3) is 0 Å². The van der Waals surface area contributed by atoms with Crippen molar-refractivity contribution in [1.82, 2.24) is 4.98 Å². The molecule has 0 aliphatic rings. The molecule has 0 N–H and O–H groups in total. The van der Waals surface area contributed by atoms with Crippen LogP contribution in [-0.4, -0.2) is 24.5 Å². The van der Waals surface area contributed by atoms with Gasteiger partial charge < -0.3 is 4.74 Å². The smallest absolute Gasteiger partial charge is 0.106 e. The molecule has 0 radical (unpaired) electrons. The van der Waals surface area contributed by atoms with E-state index < -0.39 is 0 Å². The molecule has 0 aliphatic heterocycles. The summed E-state index contributed by atoms with van der Waals surface area (Å²) < 4.78 is 4.93. The molecule has 66 valence electrons. The van der Waals surface area contributed by atoms with E-state index in [-0.39, 0.29) is 0 Å². The average Bonchev–Trinajstić information content (AvgIpc) is 2.14. The SMILES string of the molecule is COCCSSc1ccccn1. The van der Waals surface area contributed by atoms with Crippen LogP contribution in [0.5, 0.6) is 0 Å². The molecule has 4 heteroatoms. The first-order valence-corrected chi connectivity index (χ1v) is 5.95. The predicted octanol–water partition coefficient (Wildman–Crippen LogP) is 2.47. The molecule has 0 saturated carbocycles. The Balaban J connectivity index is 2.16. The molecule has 0 aromatic carbocycles. The summed E-state index contributed by atoms with van der Waals surface area (Å²) in [4.78, 5) is 4.18. The summed E-state index contributed by atoms with van der Waals surface area (Å²) >= 11 is 0. The van der Waals surface area contributed by atoms with Crippen molar-refractivity contribution >= 4 is 21.6 Å². The van der Waals surface area contributed by atoms with Crippen molar-refractivity contribution < 1.29 is 4.74 Å². The number of hydrogen-bond donors (Lipinski definition) is 0. The zero-order chi connectivity index (χ0) is 8.65. The fraction of sp³-hybridized carbons (Fsp3) is 0.375. The van der Waals surface area contributed by atoms with Gasteiger partial charge in [0, 0.05) is 19.1 Å². The van der Waals surface area contributed by atoms with E-state index >= 15 is 0 Å². The maximum atomic E-state index is 4.93. The Morgan fingerprint density at radius 3 is 3.08 bits per heavy atom. The molecule has 0 saturated heterocycles. The minimum Gasteiger partial charge on any atom is -0.384 e. The Morgan fingerprint density at radius 2 is 2.42 bits per heavy atom. The van der Waals surface area contributed by atoms with E-state index in [1.165, 1.54) is 0 Å². The van der Waals surface area contributed by atoms with Crippen LogP contribution in [0.2, 0.25) is 0 Å². The van der Waals surface area contributed by atoms with Gasteiger partial charge in [-0.15, -0.1) is 0 Å². The highest BCUT2D eigenvalue weighted by atomic mass is 33.1. The van der Waals surface area contributed by atoms with Gasteiger partial charge in [-0.2, -0.15) is 0 Å². The third-order valence-electron chi connectivity index (χ3n) is 1.15. The minimum absolute atomic E-state index is 0.796. The van der Waals surface area contributed by atoms with Crippen molar-refractivity contribution in [2.75, 3.05) is 19.5 Å². The molecule has 1 rings (SSSR count). The van der Waals surface area contributed by atoms with Crippen molar-refractivity contribution in [3.63, 3.8) is 0 Å². The van der Waals surface area contributed by atoms with Gasteiger partial charge in [0.2, 0.25) is 0 Å². The van der Waals surface area contributed by atoms with Crippen LogP contribution in [0.3, 0.4) is 0 Å². The molecule has 0 spiro atoms. The lowest BCUT2D eigenvalue weighted by molar-refractivity contribution is 0.219. The van der Waals surface area contributed by atoms with Crippen LogP contribution in [0.25, 0.3) is 0 Å². The first-order chi connectivity index (χ1) is 5.93. The second kappa shape index (κ2) is 6.34. The van der Waals surface area contributed by atoms with E-state index in [2.05, 4.69) is 4.98 Å². The Labute approximate surface area is 80.5 Å². The van der Waals surface area contributed by atoms with Crippen LogP contribution in [0.1, 0.15) is 0 Å². The second-order valence-corrected chi connectivity index (χ2v) is 4.50. The summed E-state index contributed by atoms with van der Waals surface area (Å²) in [6.07, 6.45) is 1.80. The standard InChI is InChI=1S/C8H11NOS2/c1-10-6-7-11-12-8-4-2-3-5-9-8/h2-5H,6-7H2,1H3. The Morgan fingerprint density at radius 1 is 1.50 bits per heavy atom. The quantitative estimate of drug-likeness (QED) is 0.539. The van der Waals surface area contributed by atoms with Gasteiger partial charge in [-0.05, 0) is 22.9 Å². The largest absolute Gasteiger partial charge is 0.384 e. The normalized spacial score (nSPS) is 10.1. The van der Waals surface area contributed by atoms with E-state index in [4.69, 9.17) is 4.74 Å². The van der Waals surface area contributed by atoms with Gasteiger partial charge >= 0.3 is 0 Å². The molecule has 1 heterocycles. The fourth-order valence-electron chi connectivity index (χ4n) is 0.616. The lowest BCUT2D eigenvalue weighted by Gasteiger charge is -1.98. The van der Waals surface area contributed by atoms with Crippen molar-refractivity contribution in [3.05, 3.63) is 24.4 Å². The number of ether oxygens (including phenoxy) is 1. The zero-order valence-electron chi connectivity index (χ0n) is 6.90. The lowest BCUT2D eigenvalue weighted by atomic mass is 10.5. The van der Waals surface area contributed by atoms with Crippen molar-refractivity contribution in [3.8, 4) is 0 Å². The van der Waals surface area contributed by atoms with E-state index in [1.54, 1.807) is 34.9 Å². The summed E-state index contributed by atoms with van der Waals surface area (Å²) in [5.74, 6) is 0.998. The van der Waals surface area contributed by atoms with E-state index in [9.17, 15) is 0 Å². The number of pyridine rings is 1. The van der Waals surface area contributed by atoms with Crippen LogP contribution in [-0.2, 0) is 4.74 Å². The highest BCUT2D eigenvalue weighted by molar-refractivity contribution is 8.76. The first-order valence-electron chi connectivity index (χ1n) is 3.63. The molecule has 0 aliphatic carbocycles. The third kappa shape index (κ3) is 3.99. The highest BCUT2D eigenvalue weighted by Gasteiger charge is 1.93. The highest BCUT2D eigenvalue weighted by Crippen LogP contribution is 2.28. The van der Waals surface area contributed by atoms with Crippen LogP contribution in [0.4, 0.5) is 0 Å². The molecule has 1 aromatic rings. The monoisotopic (exact) mass is 201 g/mol. The molecule has 0 atom stereocenters. The van der Waals surface area contributed by atoms with E-state index in [1.807, 2.05) is 18.2 Å². The summed E-state index contributed by atoms with van der Waals surface area (Å²) in [7, 11) is 5.16. The summed E-state index contributed by atoms with van der Waals surface area (Å²) in [6, 6.07) is 5.92. The Bertz CT molecular complexity index is 205. The molecule has 0 amide bonds. The molecule has 0 bridgehead atoms. The molecule has 0 fully saturated rings. The zero-order valence-corrected chi connectivity index (χ0v) is 8.53. The average molecular weight is 201 g/mol. The van der Waals surface area contributed by atoms with E-state index in [0.29, 0.717) is 0 Å². The number of hydrogen-bond acceptors (Lipinski definition) is 4. The van der Waals surface area contributed by atoms with Gasteiger partial charge in [-0.25, -0.2) is 4.98 Å². The van der Waals surface area contributed by atoms with Crippen LogP contribution >= 0.6 is 21.6 Å². The van der Waals surface area contributed by atoms with Gasteiger partial charge in [0.1, 0.15) is 5.03 Å². The third-order valence-corrected chi connectivity index (χ3v) is 3.38. The number of methoxy groups -OCH3 is 1. The van der Waals surface area contributed by atoms with Crippen LogP contribution < -0.4 is 0 Å². The lowest BCUT2D eigenvalue weighted by Crippen LogP contribution is -1.89. The van der Waals surface area contributed by atoms with Crippen molar-refractivity contribution in [2.45, 2.75) is 5.03 Å². The first kappa shape index (κ1) is 9.89. The van der Waals surface area contributed by atoms with Crippen LogP contribution in [0, 0.1) is 0 Å². The summed E-state index contributed by atoms with van der Waals surface area (Å²) in [6.45, 7) is 0.796. The summed E-state index contributed by atoms with van der Waals surface area (Å²) in [5.41, 5.74) is 0. The maximum Gasteiger partial charge on any atom is 0.106 e. The fourth-order valence-corrected chi connectivity index (χ4v) is 2.40. The molecule has 0 unspecified atom stereocenters. The minimum atomic E-state index is 0.796. The van der Waals surface area contributed by atoms with Crippen molar-refractivity contribution in [1.29, 1.82) is 0 Å². The number of nitrogens with zero attached hydrogens (tertiary/aromatic N) is 1. The van der Waals surface area contributed by atoms with Crippen LogP contribution in [0.15, 0.2) is 29.4 Å². The number of rotatable bonds is 5. The second-order valence-electron chi connectivity index (χ2n) is 2.07. The Hall–Kier alpha value is -0.190. The molecular formula is C8H11NOS2. The van der Waals surface area contributed by atoms with Gasteiger partial charge in [-0.1, -0.05) is 16.9 Å². The maximum absolute atomic E-state index is 4.93. The van der Waals surface area contributed by atoms with Gasteiger partial charge in [-0.3, -0.25) is 0 Å². The van der Waals surface area contributed by atoms with E-state index in [0.717, 1.165) is 17.4 Å². The predicted molar refractivity (Wildman–Crippen MR) is 54.4 cm³/mol. The number of aromatic nitrogens is 1. The van der Waals surface area contributed by atoms with Gasteiger partial charge in [0.05, 0.1) is 6.61 Å². The molecule has 2 nitrogen and oxygen atoms in total. The van der Waals surface area contributed by atoms with Crippen molar-refractivity contribution in [2.24, 2.45) is 0 Å². The molecule has 12 heavy (non-hydrogen) atoms.